The summed E-state index contributed by atoms with van der Waals surface area (Å²) in [7, 11) is 0. The van der Waals surface area contributed by atoms with E-state index in [4.69, 9.17) is 4.74 Å². The van der Waals surface area contributed by atoms with Crippen LogP contribution in [0.15, 0.2) is 36.9 Å². The van der Waals surface area contributed by atoms with E-state index in [0.29, 0.717) is 19.0 Å². The van der Waals surface area contributed by atoms with E-state index < -0.39 is 0 Å². The van der Waals surface area contributed by atoms with Gasteiger partial charge in [-0.1, -0.05) is 25.1 Å². The van der Waals surface area contributed by atoms with Gasteiger partial charge in [0.1, 0.15) is 5.75 Å². The van der Waals surface area contributed by atoms with Crippen molar-refractivity contribution in [3.05, 3.63) is 36.9 Å². The number of amides is 2. The van der Waals surface area contributed by atoms with Gasteiger partial charge >= 0.3 is 0 Å². The first kappa shape index (κ1) is 22.3. The highest BCUT2D eigenvalue weighted by Crippen LogP contribution is 2.30. The molecule has 2 fully saturated rings. The van der Waals surface area contributed by atoms with Gasteiger partial charge in [-0.15, -0.1) is 6.58 Å². The van der Waals surface area contributed by atoms with Gasteiger partial charge in [-0.3, -0.25) is 19.4 Å². The summed E-state index contributed by atoms with van der Waals surface area (Å²) in [5, 5.41) is 0. The molecule has 0 spiro atoms. The predicted octanol–water partition coefficient (Wildman–Crippen LogP) is 3.33. The summed E-state index contributed by atoms with van der Waals surface area (Å²) in [6.07, 6.45) is 4.09. The fourth-order valence-electron chi connectivity index (χ4n) is 4.40. The summed E-state index contributed by atoms with van der Waals surface area (Å²) < 4.78 is 6.00. The highest BCUT2D eigenvalue weighted by molar-refractivity contribution is 6.03. The molecule has 1 aromatic rings. The van der Waals surface area contributed by atoms with Gasteiger partial charge in [-0.05, 0) is 38.8 Å². The van der Waals surface area contributed by atoms with E-state index in [-0.39, 0.29) is 23.8 Å². The number of hydrogen-bond donors (Lipinski definition) is 0. The first-order valence-electron chi connectivity index (χ1n) is 11.1. The molecule has 2 saturated heterocycles. The standard InChI is InChI=1S/C24H35N3O3/c1-5-8-20(11-12-27-23(28)17-19(4)24(27)29)25-13-15-26(16-14-25)21-9-6-7-10-22(21)30-18(2)3/h5-7,9-10,18-20H,1,8,11-17H2,2-4H3. The molecule has 0 bridgehead atoms. The zero-order chi connectivity index (χ0) is 21.7. The van der Waals surface area contributed by atoms with Gasteiger partial charge in [0.2, 0.25) is 11.8 Å². The van der Waals surface area contributed by atoms with Crippen LogP contribution in [-0.4, -0.2) is 66.5 Å². The monoisotopic (exact) mass is 413 g/mol. The number of piperazine rings is 1. The molecule has 30 heavy (non-hydrogen) atoms. The van der Waals surface area contributed by atoms with Crippen molar-refractivity contribution in [1.29, 1.82) is 0 Å². The highest BCUT2D eigenvalue weighted by Gasteiger charge is 2.36. The zero-order valence-corrected chi connectivity index (χ0v) is 18.5. The molecular weight excluding hydrogens is 378 g/mol. The molecule has 164 valence electrons. The van der Waals surface area contributed by atoms with Crippen LogP contribution in [0.1, 0.15) is 40.0 Å². The van der Waals surface area contributed by atoms with E-state index in [0.717, 1.165) is 50.5 Å². The maximum atomic E-state index is 12.2. The second-order valence-electron chi connectivity index (χ2n) is 8.61. The van der Waals surface area contributed by atoms with E-state index in [1.165, 1.54) is 4.90 Å². The molecule has 2 aliphatic heterocycles. The Labute approximate surface area is 180 Å². The molecule has 6 heteroatoms. The summed E-state index contributed by atoms with van der Waals surface area (Å²) in [5.74, 6) is 0.705. The Morgan fingerprint density at radius 1 is 1.17 bits per heavy atom. The van der Waals surface area contributed by atoms with Crippen LogP contribution in [-0.2, 0) is 9.59 Å². The molecule has 1 aromatic carbocycles. The van der Waals surface area contributed by atoms with Gasteiger partial charge in [0, 0.05) is 51.1 Å². The molecule has 0 radical (unpaired) electrons. The summed E-state index contributed by atoms with van der Waals surface area (Å²) >= 11 is 0. The van der Waals surface area contributed by atoms with Crippen LogP contribution in [0, 0.1) is 5.92 Å². The summed E-state index contributed by atoms with van der Waals surface area (Å²) in [6.45, 7) is 14.1. The van der Waals surface area contributed by atoms with E-state index in [1.807, 2.05) is 39.0 Å². The molecule has 6 nitrogen and oxygen atoms in total. The van der Waals surface area contributed by atoms with Gasteiger partial charge in [-0.25, -0.2) is 0 Å². The zero-order valence-electron chi connectivity index (χ0n) is 18.5. The van der Waals surface area contributed by atoms with Crippen molar-refractivity contribution in [2.45, 2.75) is 52.2 Å². The number of para-hydroxylation sites is 2. The Balaban J connectivity index is 1.59. The van der Waals surface area contributed by atoms with Gasteiger partial charge in [-0.2, -0.15) is 0 Å². The van der Waals surface area contributed by atoms with Crippen LogP contribution in [0.3, 0.4) is 0 Å². The molecule has 0 aromatic heterocycles. The Bertz CT molecular complexity index is 756. The van der Waals surface area contributed by atoms with Gasteiger partial charge in [0.05, 0.1) is 11.8 Å². The van der Waals surface area contributed by atoms with Crippen LogP contribution < -0.4 is 9.64 Å². The van der Waals surface area contributed by atoms with Gasteiger partial charge in [0.25, 0.3) is 0 Å². The van der Waals surface area contributed by atoms with Crippen molar-refractivity contribution >= 4 is 17.5 Å². The maximum Gasteiger partial charge on any atom is 0.232 e. The van der Waals surface area contributed by atoms with E-state index in [9.17, 15) is 9.59 Å². The topological polar surface area (TPSA) is 53.1 Å². The van der Waals surface area contributed by atoms with Crippen molar-refractivity contribution in [1.82, 2.24) is 9.80 Å². The molecule has 3 rings (SSSR count). The lowest BCUT2D eigenvalue weighted by atomic mass is 10.1. The van der Waals surface area contributed by atoms with Crippen molar-refractivity contribution in [2.75, 3.05) is 37.6 Å². The van der Waals surface area contributed by atoms with Crippen LogP contribution in [0.5, 0.6) is 5.75 Å². The van der Waals surface area contributed by atoms with E-state index >= 15 is 0 Å². The Morgan fingerprint density at radius 2 is 1.87 bits per heavy atom. The second kappa shape index (κ2) is 10.1. The number of imide groups is 1. The minimum absolute atomic E-state index is 0.0241. The molecule has 2 aliphatic rings. The SMILES string of the molecule is C=CCC(CCN1C(=O)CC(C)C1=O)N1CCN(c2ccccc2OC(C)C)CC1. The van der Waals surface area contributed by atoms with Gasteiger partial charge in [0.15, 0.2) is 0 Å². The number of likely N-dealkylation sites (tertiary alicyclic amines) is 1. The van der Waals surface area contributed by atoms with Crippen LogP contribution in [0.25, 0.3) is 0 Å². The predicted molar refractivity (Wildman–Crippen MR) is 120 cm³/mol. The van der Waals surface area contributed by atoms with E-state index in [1.54, 1.807) is 0 Å². The average molecular weight is 414 g/mol. The number of anilines is 1. The van der Waals surface area contributed by atoms with Crippen molar-refractivity contribution in [3.8, 4) is 5.75 Å². The molecule has 2 unspecified atom stereocenters. The fraction of sp³-hybridized carbons (Fsp3) is 0.583. The number of rotatable bonds is 9. The Morgan fingerprint density at radius 3 is 2.47 bits per heavy atom. The molecule has 0 aliphatic carbocycles. The lowest BCUT2D eigenvalue weighted by molar-refractivity contribution is -0.139. The quantitative estimate of drug-likeness (QED) is 0.459. The van der Waals surface area contributed by atoms with Crippen LogP contribution in [0.2, 0.25) is 0 Å². The average Bonchev–Trinajstić information content (AvgIpc) is 2.97. The Kier molecular flexibility index (Phi) is 7.53. The van der Waals surface area contributed by atoms with E-state index in [2.05, 4.69) is 28.5 Å². The van der Waals surface area contributed by atoms with Crippen molar-refractivity contribution in [2.24, 2.45) is 5.92 Å². The third-order valence-electron chi connectivity index (χ3n) is 5.99. The lowest BCUT2D eigenvalue weighted by Gasteiger charge is -2.41. The normalized spacial score (nSPS) is 21.4. The molecule has 2 heterocycles. The highest BCUT2D eigenvalue weighted by atomic mass is 16.5. The second-order valence-corrected chi connectivity index (χ2v) is 8.61. The van der Waals surface area contributed by atoms with Crippen LogP contribution in [0.4, 0.5) is 5.69 Å². The number of benzene rings is 1. The first-order valence-corrected chi connectivity index (χ1v) is 11.1. The van der Waals surface area contributed by atoms with Crippen molar-refractivity contribution in [3.63, 3.8) is 0 Å². The smallest absolute Gasteiger partial charge is 0.232 e. The number of carbonyl (C=O) groups excluding carboxylic acids is 2. The molecular formula is C24H35N3O3. The number of nitrogens with zero attached hydrogens (tertiary/aromatic N) is 3. The third kappa shape index (κ3) is 5.22. The molecule has 2 atom stereocenters. The summed E-state index contributed by atoms with van der Waals surface area (Å²) in [5.41, 5.74) is 1.15. The van der Waals surface area contributed by atoms with Gasteiger partial charge < -0.3 is 9.64 Å². The fourth-order valence-corrected chi connectivity index (χ4v) is 4.40. The molecule has 0 saturated carbocycles. The molecule has 2 amide bonds. The maximum absolute atomic E-state index is 12.2. The minimum atomic E-state index is -0.174. The Hall–Kier alpha value is -2.34. The number of carbonyl (C=O) groups is 2. The third-order valence-corrected chi connectivity index (χ3v) is 5.99. The molecule has 0 N–H and O–H groups in total. The summed E-state index contributed by atoms with van der Waals surface area (Å²) in [6, 6.07) is 8.52. The minimum Gasteiger partial charge on any atom is -0.489 e. The largest absolute Gasteiger partial charge is 0.489 e. The van der Waals surface area contributed by atoms with Crippen LogP contribution >= 0.6 is 0 Å². The summed E-state index contributed by atoms with van der Waals surface area (Å²) in [4.78, 5) is 30.6. The lowest BCUT2D eigenvalue weighted by Crippen LogP contribution is -2.51. The van der Waals surface area contributed by atoms with Crippen molar-refractivity contribution < 1.29 is 14.3 Å². The first-order chi connectivity index (χ1) is 14.4. The number of ether oxygens (including phenoxy) is 1. The number of hydrogen-bond acceptors (Lipinski definition) is 5.